The molecule has 0 fully saturated rings. The average molecular weight is 219 g/mol. The molecule has 1 N–H and O–H groups in total. The third-order valence-corrected chi connectivity index (χ3v) is 2.55. The highest BCUT2D eigenvalue weighted by Crippen LogP contribution is 2.02. The van der Waals surface area contributed by atoms with Crippen LogP contribution in [0.3, 0.4) is 0 Å². The van der Waals surface area contributed by atoms with Gasteiger partial charge in [0.05, 0.1) is 6.10 Å². The summed E-state index contributed by atoms with van der Waals surface area (Å²) in [6.45, 7) is 6.87. The van der Waals surface area contributed by atoms with Crippen molar-refractivity contribution in [1.29, 1.82) is 0 Å². The predicted molar refractivity (Wildman–Crippen MR) is 61.6 cm³/mol. The maximum atomic E-state index is 11.2. The summed E-state index contributed by atoms with van der Waals surface area (Å²) in [5, 5.41) is 2.85. The maximum Gasteiger partial charge on any atom is 0.246 e. The Kier molecular flexibility index (Phi) is 7.99. The monoisotopic (exact) mass is 219 g/mol. The first kappa shape index (κ1) is 13.8. The Bertz CT molecular complexity index is 162. The van der Waals surface area contributed by atoms with Crippen molar-refractivity contribution in [1.82, 2.24) is 5.32 Å². The van der Waals surface area contributed by atoms with E-state index >= 15 is 0 Å². The quantitative estimate of drug-likeness (QED) is 0.705. The minimum absolute atomic E-state index is 0.0216. The lowest BCUT2D eigenvalue weighted by Gasteiger charge is -2.12. The van der Waals surface area contributed by atoms with Crippen molar-refractivity contribution >= 4 is 17.7 Å². The second-order valence-electron chi connectivity index (χ2n) is 3.72. The van der Waals surface area contributed by atoms with Gasteiger partial charge < -0.3 is 10.1 Å². The molecule has 0 aliphatic carbocycles. The molecule has 1 amide bonds. The number of amides is 1. The molecule has 0 heterocycles. The van der Waals surface area contributed by atoms with Gasteiger partial charge in [0, 0.05) is 6.54 Å². The molecule has 1 atom stereocenters. The van der Waals surface area contributed by atoms with E-state index in [9.17, 15) is 4.79 Å². The molecule has 0 spiro atoms. The van der Waals surface area contributed by atoms with Crippen molar-refractivity contribution in [2.75, 3.05) is 25.2 Å². The van der Waals surface area contributed by atoms with E-state index in [0.717, 1.165) is 12.3 Å². The second kappa shape index (κ2) is 8.12. The van der Waals surface area contributed by atoms with Gasteiger partial charge in [-0.1, -0.05) is 6.92 Å². The molecule has 0 aliphatic heterocycles. The van der Waals surface area contributed by atoms with Crippen molar-refractivity contribution in [3.63, 3.8) is 0 Å². The molecule has 84 valence electrons. The Balaban J connectivity index is 3.43. The van der Waals surface area contributed by atoms with Gasteiger partial charge in [-0.2, -0.15) is 11.8 Å². The lowest BCUT2D eigenvalue weighted by atomic mass is 10.2. The van der Waals surface area contributed by atoms with Crippen molar-refractivity contribution in [3.8, 4) is 0 Å². The number of hydrogen-bond acceptors (Lipinski definition) is 3. The van der Waals surface area contributed by atoms with Crippen LogP contribution in [-0.4, -0.2) is 37.2 Å². The van der Waals surface area contributed by atoms with E-state index in [-0.39, 0.29) is 18.6 Å². The molecular weight excluding hydrogens is 198 g/mol. The zero-order valence-electron chi connectivity index (χ0n) is 9.50. The molecule has 3 nitrogen and oxygen atoms in total. The Hall–Kier alpha value is -0.220. The molecule has 0 aromatic carbocycles. The Morgan fingerprint density at radius 3 is 2.57 bits per heavy atom. The van der Waals surface area contributed by atoms with Crippen LogP contribution in [0, 0.1) is 5.92 Å². The summed E-state index contributed by atoms with van der Waals surface area (Å²) < 4.78 is 5.18. The summed E-state index contributed by atoms with van der Waals surface area (Å²) in [7, 11) is 0. The fourth-order valence-corrected chi connectivity index (χ4v) is 1.61. The first-order valence-electron chi connectivity index (χ1n) is 4.93. The molecule has 0 aromatic rings. The van der Waals surface area contributed by atoms with Gasteiger partial charge in [-0.15, -0.1) is 0 Å². The SMILES string of the molecule is CSCC(C)CNC(=O)COC(C)C. The number of thioether (sulfide) groups is 1. The van der Waals surface area contributed by atoms with E-state index in [1.165, 1.54) is 0 Å². The Morgan fingerprint density at radius 2 is 2.07 bits per heavy atom. The van der Waals surface area contributed by atoms with Crippen molar-refractivity contribution in [2.45, 2.75) is 26.9 Å². The molecular formula is C10H21NO2S. The molecule has 0 saturated heterocycles. The molecule has 0 aromatic heterocycles. The van der Waals surface area contributed by atoms with Crippen LogP contribution >= 0.6 is 11.8 Å². The fourth-order valence-electron chi connectivity index (χ4n) is 0.925. The summed E-state index contributed by atoms with van der Waals surface area (Å²) in [5.74, 6) is 1.57. The van der Waals surface area contributed by atoms with Crippen LogP contribution in [0.2, 0.25) is 0 Å². The molecule has 0 bridgehead atoms. The van der Waals surface area contributed by atoms with E-state index in [2.05, 4.69) is 18.5 Å². The van der Waals surface area contributed by atoms with Gasteiger partial charge in [-0.3, -0.25) is 4.79 Å². The average Bonchev–Trinajstić information content (AvgIpc) is 2.12. The standard InChI is InChI=1S/C10H21NO2S/c1-8(2)13-6-10(12)11-5-9(3)7-14-4/h8-9H,5-7H2,1-4H3,(H,11,12). The number of carbonyl (C=O) groups is 1. The van der Waals surface area contributed by atoms with Gasteiger partial charge in [-0.25, -0.2) is 0 Å². The number of rotatable bonds is 7. The van der Waals surface area contributed by atoms with Crippen LogP contribution in [0.15, 0.2) is 0 Å². The zero-order valence-corrected chi connectivity index (χ0v) is 10.3. The van der Waals surface area contributed by atoms with Crippen LogP contribution in [0.5, 0.6) is 0 Å². The molecule has 0 saturated carbocycles. The van der Waals surface area contributed by atoms with Gasteiger partial charge in [0.1, 0.15) is 6.61 Å². The van der Waals surface area contributed by atoms with Crippen molar-refractivity contribution in [3.05, 3.63) is 0 Å². The van der Waals surface area contributed by atoms with Crippen LogP contribution in [-0.2, 0) is 9.53 Å². The third kappa shape index (κ3) is 8.38. The number of ether oxygens (including phenoxy) is 1. The topological polar surface area (TPSA) is 38.3 Å². The summed E-state index contributed by atoms with van der Waals surface area (Å²) in [6, 6.07) is 0. The Labute approximate surface area is 91.0 Å². The summed E-state index contributed by atoms with van der Waals surface area (Å²) in [6.07, 6.45) is 2.18. The van der Waals surface area contributed by atoms with Crippen LogP contribution in [0.1, 0.15) is 20.8 Å². The van der Waals surface area contributed by atoms with Gasteiger partial charge in [0.15, 0.2) is 0 Å². The predicted octanol–water partition coefficient (Wildman–Crippen LogP) is 1.53. The minimum atomic E-state index is -0.0216. The zero-order chi connectivity index (χ0) is 11.0. The molecule has 4 heteroatoms. The highest BCUT2D eigenvalue weighted by atomic mass is 32.2. The van der Waals surface area contributed by atoms with E-state index < -0.39 is 0 Å². The maximum absolute atomic E-state index is 11.2. The molecule has 14 heavy (non-hydrogen) atoms. The van der Waals surface area contributed by atoms with E-state index in [4.69, 9.17) is 4.74 Å². The fraction of sp³-hybridized carbons (Fsp3) is 0.900. The van der Waals surface area contributed by atoms with Crippen molar-refractivity contribution < 1.29 is 9.53 Å². The molecule has 1 unspecified atom stereocenters. The smallest absolute Gasteiger partial charge is 0.246 e. The third-order valence-electron chi connectivity index (χ3n) is 1.65. The van der Waals surface area contributed by atoms with E-state index in [1.54, 1.807) is 11.8 Å². The number of hydrogen-bond donors (Lipinski definition) is 1. The van der Waals surface area contributed by atoms with Gasteiger partial charge in [0.25, 0.3) is 0 Å². The first-order chi connectivity index (χ1) is 6.56. The van der Waals surface area contributed by atoms with Crippen LogP contribution in [0.25, 0.3) is 0 Å². The summed E-state index contributed by atoms with van der Waals surface area (Å²) in [4.78, 5) is 11.2. The lowest BCUT2D eigenvalue weighted by Crippen LogP contribution is -2.32. The highest BCUT2D eigenvalue weighted by molar-refractivity contribution is 7.98. The normalized spacial score (nSPS) is 12.9. The van der Waals surface area contributed by atoms with Gasteiger partial charge in [0.2, 0.25) is 5.91 Å². The van der Waals surface area contributed by atoms with Crippen LogP contribution < -0.4 is 5.32 Å². The summed E-state index contributed by atoms with van der Waals surface area (Å²) in [5.41, 5.74) is 0. The van der Waals surface area contributed by atoms with Gasteiger partial charge >= 0.3 is 0 Å². The number of carbonyl (C=O) groups excluding carboxylic acids is 1. The van der Waals surface area contributed by atoms with E-state index in [1.807, 2.05) is 13.8 Å². The van der Waals surface area contributed by atoms with Crippen LogP contribution in [0.4, 0.5) is 0 Å². The van der Waals surface area contributed by atoms with Crippen molar-refractivity contribution in [2.24, 2.45) is 5.92 Å². The second-order valence-corrected chi connectivity index (χ2v) is 4.64. The van der Waals surface area contributed by atoms with Gasteiger partial charge in [-0.05, 0) is 31.8 Å². The first-order valence-corrected chi connectivity index (χ1v) is 6.32. The molecule has 0 radical (unpaired) electrons. The molecule has 0 aliphatic rings. The van der Waals surface area contributed by atoms with E-state index in [0.29, 0.717) is 5.92 Å². The lowest BCUT2D eigenvalue weighted by molar-refractivity contribution is -0.127. The largest absolute Gasteiger partial charge is 0.369 e. The number of nitrogens with one attached hydrogen (secondary N) is 1. The highest BCUT2D eigenvalue weighted by Gasteiger charge is 2.05. The Morgan fingerprint density at radius 1 is 1.43 bits per heavy atom. The molecule has 0 rings (SSSR count). The summed E-state index contributed by atoms with van der Waals surface area (Å²) >= 11 is 1.80. The minimum Gasteiger partial charge on any atom is -0.369 e.